The van der Waals surface area contributed by atoms with E-state index in [1.54, 1.807) is 23.1 Å². The molecule has 1 fully saturated rings. The highest BCUT2D eigenvalue weighted by Crippen LogP contribution is 2.25. The lowest BCUT2D eigenvalue weighted by Crippen LogP contribution is -2.46. The van der Waals surface area contributed by atoms with E-state index in [9.17, 15) is 9.59 Å². The minimum atomic E-state index is -0.0637. The Morgan fingerprint density at radius 2 is 1.90 bits per heavy atom. The fourth-order valence-electron chi connectivity index (χ4n) is 2.15. The Kier molecular flexibility index (Phi) is 5.85. The SMILES string of the molecule is O=CN1CCN(CCC(=O)Nc2ccc(Cl)c(Cl)c2)CC1. The van der Waals surface area contributed by atoms with Gasteiger partial charge in [-0.3, -0.25) is 14.5 Å². The van der Waals surface area contributed by atoms with Crippen LogP contribution in [0.5, 0.6) is 0 Å². The van der Waals surface area contributed by atoms with Crippen molar-refractivity contribution in [2.75, 3.05) is 38.0 Å². The number of carbonyl (C=O) groups is 2. The number of nitrogens with one attached hydrogen (secondary N) is 1. The van der Waals surface area contributed by atoms with E-state index < -0.39 is 0 Å². The van der Waals surface area contributed by atoms with Gasteiger partial charge in [0.1, 0.15) is 0 Å². The van der Waals surface area contributed by atoms with E-state index in [1.165, 1.54) is 0 Å². The maximum atomic E-state index is 11.9. The molecule has 7 heteroatoms. The van der Waals surface area contributed by atoms with E-state index in [0.717, 1.165) is 32.6 Å². The molecule has 0 unspecified atom stereocenters. The molecule has 0 aliphatic carbocycles. The largest absolute Gasteiger partial charge is 0.343 e. The molecule has 21 heavy (non-hydrogen) atoms. The van der Waals surface area contributed by atoms with Crippen LogP contribution in [0.1, 0.15) is 6.42 Å². The van der Waals surface area contributed by atoms with Crippen LogP contribution >= 0.6 is 23.2 Å². The van der Waals surface area contributed by atoms with Gasteiger partial charge in [-0.2, -0.15) is 0 Å². The van der Waals surface area contributed by atoms with Crippen molar-refractivity contribution < 1.29 is 9.59 Å². The van der Waals surface area contributed by atoms with E-state index in [4.69, 9.17) is 23.2 Å². The quantitative estimate of drug-likeness (QED) is 0.841. The second-order valence-electron chi connectivity index (χ2n) is 4.91. The fraction of sp³-hybridized carbons (Fsp3) is 0.429. The first-order chi connectivity index (χ1) is 10.1. The van der Waals surface area contributed by atoms with Crippen LogP contribution in [0.4, 0.5) is 5.69 Å². The third-order valence-electron chi connectivity index (χ3n) is 3.41. The number of rotatable bonds is 5. The number of hydrogen-bond donors (Lipinski definition) is 1. The summed E-state index contributed by atoms with van der Waals surface area (Å²) in [7, 11) is 0. The molecule has 1 N–H and O–H groups in total. The number of anilines is 1. The summed E-state index contributed by atoms with van der Waals surface area (Å²) >= 11 is 11.7. The van der Waals surface area contributed by atoms with Crippen molar-refractivity contribution in [2.24, 2.45) is 0 Å². The maximum Gasteiger partial charge on any atom is 0.225 e. The van der Waals surface area contributed by atoms with Crippen LogP contribution in [0.15, 0.2) is 18.2 Å². The Morgan fingerprint density at radius 1 is 1.19 bits per heavy atom. The van der Waals surface area contributed by atoms with E-state index in [0.29, 0.717) is 28.7 Å². The van der Waals surface area contributed by atoms with E-state index in [-0.39, 0.29) is 5.91 Å². The topological polar surface area (TPSA) is 52.7 Å². The summed E-state index contributed by atoms with van der Waals surface area (Å²) in [6.07, 6.45) is 1.27. The summed E-state index contributed by atoms with van der Waals surface area (Å²) < 4.78 is 0. The van der Waals surface area contributed by atoms with Crippen molar-refractivity contribution >= 4 is 41.2 Å². The van der Waals surface area contributed by atoms with Gasteiger partial charge in [0.2, 0.25) is 12.3 Å². The lowest BCUT2D eigenvalue weighted by molar-refractivity contribution is -0.120. The van der Waals surface area contributed by atoms with Crippen LogP contribution in [0, 0.1) is 0 Å². The Labute approximate surface area is 133 Å². The number of benzene rings is 1. The predicted octanol–water partition coefficient (Wildman–Crippen LogP) is 2.10. The standard InChI is InChI=1S/C14H17Cl2N3O2/c15-12-2-1-11(9-13(12)16)17-14(21)3-4-18-5-7-19(10-20)8-6-18/h1-2,9-10H,3-8H2,(H,17,21). The molecule has 0 radical (unpaired) electrons. The summed E-state index contributed by atoms with van der Waals surface area (Å²) in [5.74, 6) is -0.0637. The normalized spacial score (nSPS) is 15.8. The molecule has 1 heterocycles. The van der Waals surface area contributed by atoms with E-state index >= 15 is 0 Å². The van der Waals surface area contributed by atoms with Gasteiger partial charge in [-0.05, 0) is 18.2 Å². The molecule has 0 bridgehead atoms. The van der Waals surface area contributed by atoms with Crippen LogP contribution in [-0.2, 0) is 9.59 Å². The minimum Gasteiger partial charge on any atom is -0.343 e. The lowest BCUT2D eigenvalue weighted by atomic mass is 10.2. The Balaban J connectivity index is 1.75. The van der Waals surface area contributed by atoms with Gasteiger partial charge in [-0.1, -0.05) is 23.2 Å². The predicted molar refractivity (Wildman–Crippen MR) is 83.8 cm³/mol. The third kappa shape index (κ3) is 4.88. The lowest BCUT2D eigenvalue weighted by Gasteiger charge is -2.32. The van der Waals surface area contributed by atoms with Crippen molar-refractivity contribution in [1.82, 2.24) is 9.80 Å². The fourth-order valence-corrected chi connectivity index (χ4v) is 2.45. The summed E-state index contributed by atoms with van der Waals surface area (Å²) in [4.78, 5) is 26.4. The average Bonchev–Trinajstić information content (AvgIpc) is 2.49. The van der Waals surface area contributed by atoms with Crippen LogP contribution in [0.25, 0.3) is 0 Å². The molecule has 2 amide bonds. The van der Waals surface area contributed by atoms with Crippen molar-refractivity contribution in [3.05, 3.63) is 28.2 Å². The molecule has 0 atom stereocenters. The molecule has 2 rings (SSSR count). The second-order valence-corrected chi connectivity index (χ2v) is 5.72. The first-order valence-electron chi connectivity index (χ1n) is 6.75. The van der Waals surface area contributed by atoms with Crippen molar-refractivity contribution in [1.29, 1.82) is 0 Å². The molecule has 0 saturated carbocycles. The molecular weight excluding hydrogens is 313 g/mol. The van der Waals surface area contributed by atoms with Gasteiger partial charge in [0.05, 0.1) is 10.0 Å². The molecule has 1 aromatic carbocycles. The highest BCUT2D eigenvalue weighted by Gasteiger charge is 2.16. The van der Waals surface area contributed by atoms with Crippen molar-refractivity contribution in [2.45, 2.75) is 6.42 Å². The number of piperazine rings is 1. The number of carbonyl (C=O) groups excluding carboxylic acids is 2. The Hall–Kier alpha value is -1.30. The first-order valence-corrected chi connectivity index (χ1v) is 7.50. The van der Waals surface area contributed by atoms with Crippen LogP contribution < -0.4 is 5.32 Å². The second kappa shape index (κ2) is 7.64. The van der Waals surface area contributed by atoms with Gasteiger partial charge < -0.3 is 10.2 Å². The van der Waals surface area contributed by atoms with Gasteiger partial charge in [0.25, 0.3) is 0 Å². The van der Waals surface area contributed by atoms with Gasteiger partial charge in [0, 0.05) is 44.8 Å². The summed E-state index contributed by atoms with van der Waals surface area (Å²) in [6, 6.07) is 5.00. The third-order valence-corrected chi connectivity index (χ3v) is 4.15. The Morgan fingerprint density at radius 3 is 2.52 bits per heavy atom. The molecule has 114 valence electrons. The zero-order valence-corrected chi connectivity index (χ0v) is 13.0. The van der Waals surface area contributed by atoms with E-state index in [1.807, 2.05) is 0 Å². The monoisotopic (exact) mass is 329 g/mol. The number of halogens is 2. The molecular formula is C14H17Cl2N3O2. The first kappa shape index (κ1) is 16.1. The van der Waals surface area contributed by atoms with Crippen LogP contribution in [-0.4, -0.2) is 54.8 Å². The van der Waals surface area contributed by atoms with Gasteiger partial charge in [-0.15, -0.1) is 0 Å². The molecule has 0 aromatic heterocycles. The van der Waals surface area contributed by atoms with Crippen molar-refractivity contribution in [3.63, 3.8) is 0 Å². The maximum absolute atomic E-state index is 11.9. The number of amides is 2. The zero-order chi connectivity index (χ0) is 15.2. The number of hydrogen-bond acceptors (Lipinski definition) is 3. The molecule has 5 nitrogen and oxygen atoms in total. The summed E-state index contributed by atoms with van der Waals surface area (Å²) in [5.41, 5.74) is 0.639. The van der Waals surface area contributed by atoms with Crippen molar-refractivity contribution in [3.8, 4) is 0 Å². The molecule has 1 aliphatic heterocycles. The van der Waals surface area contributed by atoms with Gasteiger partial charge in [-0.25, -0.2) is 0 Å². The number of nitrogens with zero attached hydrogens (tertiary/aromatic N) is 2. The summed E-state index contributed by atoms with van der Waals surface area (Å²) in [5, 5.41) is 3.67. The van der Waals surface area contributed by atoms with E-state index in [2.05, 4.69) is 10.2 Å². The molecule has 1 aromatic rings. The van der Waals surface area contributed by atoms with Gasteiger partial charge in [0.15, 0.2) is 0 Å². The summed E-state index contributed by atoms with van der Waals surface area (Å²) in [6.45, 7) is 3.73. The van der Waals surface area contributed by atoms with Crippen LogP contribution in [0.2, 0.25) is 10.0 Å². The molecule has 1 saturated heterocycles. The van der Waals surface area contributed by atoms with Gasteiger partial charge >= 0.3 is 0 Å². The zero-order valence-electron chi connectivity index (χ0n) is 11.5. The molecule has 1 aliphatic rings. The Bertz CT molecular complexity index is 517. The average molecular weight is 330 g/mol. The minimum absolute atomic E-state index is 0.0637. The highest BCUT2D eigenvalue weighted by molar-refractivity contribution is 6.42. The van der Waals surface area contributed by atoms with Crippen LogP contribution in [0.3, 0.4) is 0 Å². The molecule has 0 spiro atoms. The smallest absolute Gasteiger partial charge is 0.225 e. The highest BCUT2D eigenvalue weighted by atomic mass is 35.5.